The molecule has 0 heterocycles. The highest BCUT2D eigenvalue weighted by atomic mass is 16.6. The average Bonchev–Trinajstić information content (AvgIpc) is 3.44. The van der Waals surface area contributed by atoms with Gasteiger partial charge in [-0.05, 0) is 129 Å². The fourth-order valence-electron chi connectivity index (χ4n) is 12.1. The van der Waals surface area contributed by atoms with Crippen LogP contribution in [-0.2, 0) is 11.3 Å². The van der Waals surface area contributed by atoms with Gasteiger partial charge in [-0.2, -0.15) is 0 Å². The molecule has 3 fully saturated rings. The number of hydrogen-bond donors (Lipinski definition) is 1. The smallest absolute Gasteiger partial charge is 0.407 e. The summed E-state index contributed by atoms with van der Waals surface area (Å²) in [6.07, 6.45) is 16.4. The highest BCUT2D eigenvalue weighted by Gasteiger charge is 2.59. The number of carbonyl (C=O) groups is 1. The maximum Gasteiger partial charge on any atom is 0.407 e. The highest BCUT2D eigenvalue weighted by molar-refractivity contribution is 6.23. The monoisotopic (exact) mass is 643 g/mol. The summed E-state index contributed by atoms with van der Waals surface area (Å²) in [7, 11) is 0. The van der Waals surface area contributed by atoms with Crippen LogP contribution in [0.3, 0.4) is 0 Å². The molecule has 0 spiro atoms. The largest absolute Gasteiger partial charge is 0.446 e. The van der Waals surface area contributed by atoms with Crippen molar-refractivity contribution in [3.8, 4) is 0 Å². The van der Waals surface area contributed by atoms with Crippen molar-refractivity contribution in [1.82, 2.24) is 5.32 Å². The quantitative estimate of drug-likeness (QED) is 0.153. The van der Waals surface area contributed by atoms with E-state index < -0.39 is 0 Å². The second-order valence-electron chi connectivity index (χ2n) is 17.5. The van der Waals surface area contributed by atoms with Crippen molar-refractivity contribution in [1.29, 1.82) is 0 Å². The summed E-state index contributed by atoms with van der Waals surface area (Å²) in [5, 5.41) is 10.7. The molecule has 0 unspecified atom stereocenters. The number of benzene rings is 4. The Morgan fingerprint density at radius 1 is 0.854 bits per heavy atom. The van der Waals surface area contributed by atoms with Gasteiger partial charge in [-0.15, -0.1) is 0 Å². The summed E-state index contributed by atoms with van der Waals surface area (Å²) < 4.78 is 6.15. The van der Waals surface area contributed by atoms with Gasteiger partial charge in [-0.3, -0.25) is 0 Å². The van der Waals surface area contributed by atoms with E-state index in [1.807, 2.05) is 0 Å². The first kappa shape index (κ1) is 32.2. The second-order valence-corrected chi connectivity index (χ2v) is 17.5. The molecule has 4 aromatic rings. The molecule has 48 heavy (non-hydrogen) atoms. The van der Waals surface area contributed by atoms with Crippen LogP contribution in [0.15, 0.2) is 66.2 Å². The van der Waals surface area contributed by atoms with Crippen molar-refractivity contribution < 1.29 is 9.53 Å². The highest BCUT2D eigenvalue weighted by Crippen LogP contribution is 2.67. The van der Waals surface area contributed by atoms with E-state index in [1.165, 1.54) is 83.7 Å². The minimum absolute atomic E-state index is 0.0290. The summed E-state index contributed by atoms with van der Waals surface area (Å²) in [5.74, 6) is 5.07. The molecule has 3 saturated carbocycles. The summed E-state index contributed by atoms with van der Waals surface area (Å²) in [5.41, 5.74) is 3.51. The molecule has 254 valence electrons. The zero-order chi connectivity index (χ0) is 33.2. The zero-order valence-corrected chi connectivity index (χ0v) is 30.1. The van der Waals surface area contributed by atoms with Gasteiger partial charge < -0.3 is 10.1 Å². The Balaban J connectivity index is 0.910. The lowest BCUT2D eigenvalue weighted by molar-refractivity contribution is -0.0581. The van der Waals surface area contributed by atoms with Gasteiger partial charge in [0, 0.05) is 13.0 Å². The van der Waals surface area contributed by atoms with Crippen molar-refractivity contribution in [2.75, 3.05) is 0 Å². The van der Waals surface area contributed by atoms with E-state index in [9.17, 15) is 4.79 Å². The normalized spacial score (nSPS) is 32.2. The van der Waals surface area contributed by atoms with Crippen LogP contribution in [0, 0.1) is 46.3 Å². The van der Waals surface area contributed by atoms with Crippen molar-refractivity contribution in [3.63, 3.8) is 0 Å². The summed E-state index contributed by atoms with van der Waals surface area (Å²) >= 11 is 0. The van der Waals surface area contributed by atoms with Crippen LogP contribution in [0.2, 0.25) is 0 Å². The third kappa shape index (κ3) is 5.34. The number of ether oxygens (including phenoxy) is 1. The van der Waals surface area contributed by atoms with Crippen LogP contribution in [0.25, 0.3) is 32.3 Å². The first-order valence-electron chi connectivity index (χ1n) is 19.4. The van der Waals surface area contributed by atoms with Gasteiger partial charge in [0.05, 0.1) is 0 Å². The number of rotatable bonds is 8. The van der Waals surface area contributed by atoms with Gasteiger partial charge in [0.2, 0.25) is 0 Å². The molecule has 4 aliphatic rings. The Labute approximate surface area is 288 Å². The van der Waals surface area contributed by atoms with Crippen LogP contribution < -0.4 is 5.32 Å². The molecule has 8 atom stereocenters. The SMILES string of the molecule is CC(C)CCC[C@@H](C)[C@H]1CC[C@H]2[C@@H]3CC=C4C[C@@H](OC(=O)NCc5ccc6ccc7cccc8ccc5c6c78)CC[C@]4(C)[C@H]3CC[C@]12C. The average molecular weight is 644 g/mol. The first-order chi connectivity index (χ1) is 23.2. The van der Waals surface area contributed by atoms with Gasteiger partial charge >= 0.3 is 6.09 Å². The van der Waals surface area contributed by atoms with Crippen molar-refractivity contribution in [3.05, 3.63) is 71.8 Å². The summed E-state index contributed by atoms with van der Waals surface area (Å²) in [6.45, 7) is 13.1. The molecule has 1 N–H and O–H groups in total. The third-order valence-electron chi connectivity index (χ3n) is 14.6. The topological polar surface area (TPSA) is 38.3 Å². The lowest BCUT2D eigenvalue weighted by atomic mass is 9.47. The molecule has 1 amide bonds. The summed E-state index contributed by atoms with van der Waals surface area (Å²) in [6, 6.07) is 19.7. The van der Waals surface area contributed by atoms with E-state index in [-0.39, 0.29) is 17.6 Å². The molecule has 4 aliphatic carbocycles. The number of alkyl carbamates (subject to hydrolysis) is 1. The Hall–Kier alpha value is -3.07. The Bertz CT molecular complexity index is 1820. The van der Waals surface area contributed by atoms with E-state index >= 15 is 0 Å². The predicted molar refractivity (Wildman–Crippen MR) is 200 cm³/mol. The van der Waals surface area contributed by atoms with E-state index in [0.717, 1.165) is 60.3 Å². The Morgan fingerprint density at radius 3 is 2.40 bits per heavy atom. The fourth-order valence-corrected chi connectivity index (χ4v) is 12.1. The number of hydrogen-bond acceptors (Lipinski definition) is 2. The van der Waals surface area contributed by atoms with Gasteiger partial charge in [0.25, 0.3) is 0 Å². The Kier molecular flexibility index (Phi) is 8.28. The van der Waals surface area contributed by atoms with Crippen molar-refractivity contribution >= 4 is 38.4 Å². The minimum Gasteiger partial charge on any atom is -0.446 e. The molecule has 3 heteroatoms. The van der Waals surface area contributed by atoms with E-state index in [0.29, 0.717) is 12.0 Å². The summed E-state index contributed by atoms with van der Waals surface area (Å²) in [4.78, 5) is 13.2. The van der Waals surface area contributed by atoms with Gasteiger partial charge in [0.15, 0.2) is 0 Å². The number of fused-ring (bicyclic) bond motifs is 5. The second kappa shape index (κ2) is 12.4. The molecule has 3 nitrogen and oxygen atoms in total. The molecular weight excluding hydrogens is 587 g/mol. The van der Waals surface area contributed by atoms with Crippen molar-refractivity contribution in [2.45, 2.75) is 118 Å². The fraction of sp³-hybridized carbons (Fsp3) is 0.578. The number of allylic oxidation sites excluding steroid dienone is 1. The first-order valence-corrected chi connectivity index (χ1v) is 19.4. The molecule has 0 radical (unpaired) electrons. The molecule has 0 aromatic heterocycles. The lowest BCUT2D eigenvalue weighted by Crippen LogP contribution is -2.51. The lowest BCUT2D eigenvalue weighted by Gasteiger charge is -2.58. The van der Waals surface area contributed by atoms with Crippen LogP contribution in [-0.4, -0.2) is 12.2 Å². The number of carbonyl (C=O) groups excluding carboxylic acids is 1. The van der Waals surface area contributed by atoms with E-state index in [2.05, 4.69) is 101 Å². The molecule has 4 aromatic carbocycles. The number of amides is 1. The van der Waals surface area contributed by atoms with Gasteiger partial charge in [0.1, 0.15) is 6.10 Å². The molecule has 0 bridgehead atoms. The van der Waals surface area contributed by atoms with Gasteiger partial charge in [-0.1, -0.05) is 120 Å². The molecule has 8 rings (SSSR count). The zero-order valence-electron chi connectivity index (χ0n) is 30.1. The van der Waals surface area contributed by atoms with Crippen LogP contribution in [0.5, 0.6) is 0 Å². The maximum absolute atomic E-state index is 13.2. The van der Waals surface area contributed by atoms with Crippen molar-refractivity contribution in [2.24, 2.45) is 46.3 Å². The van der Waals surface area contributed by atoms with E-state index in [4.69, 9.17) is 4.74 Å². The molecule has 0 aliphatic heterocycles. The Morgan fingerprint density at radius 2 is 1.60 bits per heavy atom. The van der Waals surface area contributed by atoms with Crippen LogP contribution in [0.1, 0.15) is 111 Å². The number of nitrogens with one attached hydrogen (secondary N) is 1. The van der Waals surface area contributed by atoms with Crippen LogP contribution in [0.4, 0.5) is 4.79 Å². The predicted octanol–water partition coefficient (Wildman–Crippen LogP) is 12.2. The van der Waals surface area contributed by atoms with Crippen LogP contribution >= 0.6 is 0 Å². The molecule has 0 saturated heterocycles. The third-order valence-corrected chi connectivity index (χ3v) is 14.6. The molecular formula is C45H57NO2. The minimum atomic E-state index is -0.281. The standard InChI is InChI=1S/C45H57NO2/c1-28(2)8-6-9-29(3)38-20-21-39-37-19-17-34-26-35(22-24-44(34,4)40(37)23-25-45(38,39)5)48-43(47)46-27-33-15-14-32-13-12-30-10-7-11-31-16-18-36(33)42(32)41(30)31/h7,10-18,28-29,35,37-40H,6,8-9,19-27H2,1-5H3,(H,46,47)/t29-,35+,37+,38-,39+,40+,44+,45-/m1/s1. The van der Waals surface area contributed by atoms with E-state index in [1.54, 1.807) is 5.57 Å². The maximum atomic E-state index is 13.2. The van der Waals surface area contributed by atoms with Gasteiger partial charge in [-0.25, -0.2) is 4.79 Å².